The Hall–Kier alpha value is -2.48. The van der Waals surface area contributed by atoms with Gasteiger partial charge in [0, 0.05) is 11.6 Å². The maximum atomic E-state index is 12.1. The first-order valence-corrected chi connectivity index (χ1v) is 8.01. The lowest BCUT2D eigenvalue weighted by molar-refractivity contribution is -0.139. The predicted octanol–water partition coefficient (Wildman–Crippen LogP) is 2.51. The summed E-state index contributed by atoms with van der Waals surface area (Å²) in [5, 5.41) is 16.8. The van der Waals surface area contributed by atoms with Crippen molar-refractivity contribution in [2.24, 2.45) is 5.92 Å². The molecule has 7 nitrogen and oxygen atoms in total. The second-order valence-corrected chi connectivity index (χ2v) is 6.23. The molecule has 0 saturated heterocycles. The Morgan fingerprint density at radius 3 is 2.74 bits per heavy atom. The van der Waals surface area contributed by atoms with E-state index < -0.39 is 17.9 Å². The predicted molar refractivity (Wildman–Crippen MR) is 88.0 cm³/mol. The number of rotatable bonds is 7. The molecular formula is C15H18N4O3S. The van der Waals surface area contributed by atoms with Gasteiger partial charge in [0.1, 0.15) is 17.6 Å². The monoisotopic (exact) mass is 334 g/mol. The molecule has 1 atom stereocenters. The summed E-state index contributed by atoms with van der Waals surface area (Å²) in [5.74, 6) is -0.761. The summed E-state index contributed by atoms with van der Waals surface area (Å²) >= 11 is 1.25. The number of carbonyl (C=O) groups is 2. The number of aromatic nitrogens is 2. The molecule has 8 heteroatoms. The third-order valence-corrected chi connectivity index (χ3v) is 3.70. The van der Waals surface area contributed by atoms with E-state index in [1.807, 2.05) is 19.9 Å². The van der Waals surface area contributed by atoms with Crippen LogP contribution in [0.4, 0.5) is 10.9 Å². The molecule has 0 aromatic carbocycles. The Labute approximate surface area is 137 Å². The van der Waals surface area contributed by atoms with Gasteiger partial charge in [0.15, 0.2) is 5.13 Å². The van der Waals surface area contributed by atoms with Crippen LogP contribution in [0.3, 0.4) is 0 Å². The number of carbonyl (C=O) groups excluding carboxylic acids is 1. The van der Waals surface area contributed by atoms with Crippen molar-refractivity contribution in [1.82, 2.24) is 15.3 Å². The van der Waals surface area contributed by atoms with E-state index in [4.69, 9.17) is 5.11 Å². The highest BCUT2D eigenvalue weighted by atomic mass is 32.1. The van der Waals surface area contributed by atoms with Crippen molar-refractivity contribution >= 4 is 34.2 Å². The van der Waals surface area contributed by atoms with E-state index in [0.29, 0.717) is 17.4 Å². The van der Waals surface area contributed by atoms with E-state index in [1.165, 1.54) is 11.3 Å². The number of hydrogen-bond acceptors (Lipinski definition) is 6. The highest BCUT2D eigenvalue weighted by molar-refractivity contribution is 7.14. The minimum Gasteiger partial charge on any atom is -0.480 e. The number of pyridine rings is 1. The molecule has 23 heavy (non-hydrogen) atoms. The molecule has 122 valence electrons. The zero-order valence-electron chi connectivity index (χ0n) is 12.8. The van der Waals surface area contributed by atoms with Gasteiger partial charge < -0.3 is 15.7 Å². The van der Waals surface area contributed by atoms with E-state index >= 15 is 0 Å². The molecule has 3 N–H and O–H groups in total. The van der Waals surface area contributed by atoms with E-state index in [-0.39, 0.29) is 11.6 Å². The molecule has 1 amide bonds. The summed E-state index contributed by atoms with van der Waals surface area (Å²) < 4.78 is 0. The third kappa shape index (κ3) is 5.03. The van der Waals surface area contributed by atoms with Gasteiger partial charge in [0.2, 0.25) is 0 Å². The third-order valence-electron chi connectivity index (χ3n) is 2.95. The van der Waals surface area contributed by atoms with Crippen LogP contribution in [0.15, 0.2) is 29.8 Å². The zero-order valence-corrected chi connectivity index (χ0v) is 13.6. The molecule has 0 radical (unpaired) electrons. The van der Waals surface area contributed by atoms with Gasteiger partial charge >= 0.3 is 5.97 Å². The van der Waals surface area contributed by atoms with Crippen LogP contribution in [0.25, 0.3) is 0 Å². The highest BCUT2D eigenvalue weighted by Gasteiger charge is 2.23. The SMILES string of the molecule is CC(C)CC(NC(=O)c1csc(Nc2ccccn2)n1)C(=O)O. The Morgan fingerprint density at radius 2 is 2.13 bits per heavy atom. The lowest BCUT2D eigenvalue weighted by atomic mass is 10.0. The lowest BCUT2D eigenvalue weighted by Gasteiger charge is -2.15. The van der Waals surface area contributed by atoms with Gasteiger partial charge in [-0.1, -0.05) is 19.9 Å². The molecule has 0 bridgehead atoms. The summed E-state index contributed by atoms with van der Waals surface area (Å²) in [5.41, 5.74) is 0.184. The van der Waals surface area contributed by atoms with Crippen LogP contribution in [0.5, 0.6) is 0 Å². The quantitative estimate of drug-likeness (QED) is 0.719. The van der Waals surface area contributed by atoms with Crippen molar-refractivity contribution in [2.45, 2.75) is 26.3 Å². The van der Waals surface area contributed by atoms with Crippen molar-refractivity contribution in [2.75, 3.05) is 5.32 Å². The number of anilines is 2. The van der Waals surface area contributed by atoms with Crippen molar-refractivity contribution in [3.8, 4) is 0 Å². The highest BCUT2D eigenvalue weighted by Crippen LogP contribution is 2.19. The molecule has 2 heterocycles. The largest absolute Gasteiger partial charge is 0.480 e. The van der Waals surface area contributed by atoms with E-state index in [0.717, 1.165) is 0 Å². The number of carboxylic acids is 1. The molecule has 2 aromatic heterocycles. The minimum absolute atomic E-state index is 0.160. The Bertz CT molecular complexity index is 672. The number of carboxylic acid groups (broad SMARTS) is 1. The first kappa shape index (κ1) is 16.9. The second kappa shape index (κ2) is 7.68. The van der Waals surface area contributed by atoms with Crippen LogP contribution in [0.2, 0.25) is 0 Å². The Morgan fingerprint density at radius 1 is 1.35 bits per heavy atom. The van der Waals surface area contributed by atoms with Gasteiger partial charge in [-0.25, -0.2) is 14.8 Å². The average molecular weight is 334 g/mol. The number of hydrogen-bond donors (Lipinski definition) is 3. The van der Waals surface area contributed by atoms with Crippen molar-refractivity contribution < 1.29 is 14.7 Å². The van der Waals surface area contributed by atoms with Crippen molar-refractivity contribution in [3.63, 3.8) is 0 Å². The minimum atomic E-state index is -1.05. The van der Waals surface area contributed by atoms with Crippen LogP contribution in [-0.2, 0) is 4.79 Å². The fourth-order valence-corrected chi connectivity index (χ4v) is 2.60. The van der Waals surface area contributed by atoms with E-state index in [1.54, 1.807) is 23.7 Å². The maximum absolute atomic E-state index is 12.1. The second-order valence-electron chi connectivity index (χ2n) is 5.37. The van der Waals surface area contributed by atoms with Crippen LogP contribution < -0.4 is 10.6 Å². The van der Waals surface area contributed by atoms with E-state index in [9.17, 15) is 9.59 Å². The number of nitrogens with zero attached hydrogens (tertiary/aromatic N) is 2. The standard InChI is InChI=1S/C15H18N4O3S/c1-9(2)7-10(14(21)22)17-13(20)11-8-23-15(18-11)19-12-5-3-4-6-16-12/h3-6,8-10H,7H2,1-2H3,(H,17,20)(H,21,22)(H,16,18,19). The van der Waals surface area contributed by atoms with Crippen LogP contribution >= 0.6 is 11.3 Å². The molecule has 0 aliphatic carbocycles. The summed E-state index contributed by atoms with van der Waals surface area (Å²) in [6.07, 6.45) is 2.01. The first-order valence-electron chi connectivity index (χ1n) is 7.13. The first-order chi connectivity index (χ1) is 11.0. The number of nitrogens with one attached hydrogen (secondary N) is 2. The van der Waals surface area contributed by atoms with Crippen LogP contribution in [0.1, 0.15) is 30.8 Å². The molecule has 2 rings (SSSR count). The number of amides is 1. The topological polar surface area (TPSA) is 104 Å². The van der Waals surface area contributed by atoms with Gasteiger partial charge in [-0.2, -0.15) is 0 Å². The molecule has 0 spiro atoms. The van der Waals surface area contributed by atoms with Crippen LogP contribution in [-0.4, -0.2) is 33.0 Å². The lowest BCUT2D eigenvalue weighted by Crippen LogP contribution is -2.41. The number of thiazole rings is 1. The zero-order chi connectivity index (χ0) is 16.8. The summed E-state index contributed by atoms with van der Waals surface area (Å²) in [4.78, 5) is 31.6. The summed E-state index contributed by atoms with van der Waals surface area (Å²) in [6.45, 7) is 3.81. The molecule has 0 fully saturated rings. The fourth-order valence-electron chi connectivity index (χ4n) is 1.91. The number of aliphatic carboxylic acids is 1. The molecule has 1 unspecified atom stereocenters. The molecule has 0 aliphatic rings. The molecule has 0 aliphatic heterocycles. The van der Waals surface area contributed by atoms with Gasteiger partial charge in [-0.3, -0.25) is 4.79 Å². The van der Waals surface area contributed by atoms with Gasteiger partial charge in [0.25, 0.3) is 5.91 Å². The van der Waals surface area contributed by atoms with E-state index in [2.05, 4.69) is 20.6 Å². The van der Waals surface area contributed by atoms with Crippen LogP contribution in [0, 0.1) is 5.92 Å². The van der Waals surface area contributed by atoms with Gasteiger partial charge in [-0.15, -0.1) is 11.3 Å². The molecule has 2 aromatic rings. The summed E-state index contributed by atoms with van der Waals surface area (Å²) in [6, 6.07) is 4.49. The Kier molecular flexibility index (Phi) is 5.64. The van der Waals surface area contributed by atoms with Crippen molar-refractivity contribution in [1.29, 1.82) is 0 Å². The fraction of sp³-hybridized carbons (Fsp3) is 0.333. The average Bonchev–Trinajstić information content (AvgIpc) is 2.95. The van der Waals surface area contributed by atoms with Crippen molar-refractivity contribution in [3.05, 3.63) is 35.5 Å². The Balaban J connectivity index is 2.01. The smallest absolute Gasteiger partial charge is 0.326 e. The molecule has 0 saturated carbocycles. The van der Waals surface area contributed by atoms with Gasteiger partial charge in [-0.05, 0) is 24.5 Å². The maximum Gasteiger partial charge on any atom is 0.326 e. The van der Waals surface area contributed by atoms with Gasteiger partial charge in [0.05, 0.1) is 0 Å². The normalized spacial score (nSPS) is 12.0. The summed E-state index contributed by atoms with van der Waals surface area (Å²) in [7, 11) is 0. The molecular weight excluding hydrogens is 316 g/mol.